The lowest BCUT2D eigenvalue weighted by Gasteiger charge is -2.18. The fourth-order valence-electron chi connectivity index (χ4n) is 9.16. The number of rotatable bonds is 4. The molecule has 0 aliphatic heterocycles. The van der Waals surface area contributed by atoms with Crippen molar-refractivity contribution in [3.05, 3.63) is 188 Å². The zero-order valence-corrected chi connectivity index (χ0v) is 29.7. The lowest BCUT2D eigenvalue weighted by atomic mass is 9.84. The average molecular weight is 702 g/mol. The number of nitrogens with zero attached hydrogens (tertiary/aromatic N) is 1. The van der Waals surface area contributed by atoms with E-state index in [4.69, 9.17) is 8.83 Å². The maximum atomic E-state index is 6.60. The molecule has 0 bridgehead atoms. The van der Waals surface area contributed by atoms with Crippen molar-refractivity contribution in [3.8, 4) is 39.1 Å². The molecule has 12 rings (SSSR count). The molecule has 3 heterocycles. The van der Waals surface area contributed by atoms with Crippen LogP contribution >= 0.6 is 0 Å². The molecule has 3 nitrogen and oxygen atoms in total. The van der Waals surface area contributed by atoms with Gasteiger partial charge in [-0.2, -0.15) is 0 Å². The van der Waals surface area contributed by atoms with Crippen molar-refractivity contribution in [2.75, 3.05) is 0 Å². The van der Waals surface area contributed by atoms with E-state index in [9.17, 15) is 0 Å². The molecule has 0 N–H and O–H groups in total. The minimum absolute atomic E-state index is 0.817. The molecule has 0 fully saturated rings. The van der Waals surface area contributed by atoms with Crippen LogP contribution in [0.15, 0.2) is 197 Å². The van der Waals surface area contributed by atoms with Crippen LogP contribution in [0.4, 0.5) is 0 Å². The van der Waals surface area contributed by atoms with Gasteiger partial charge in [0, 0.05) is 32.8 Å². The van der Waals surface area contributed by atoms with E-state index in [1.807, 2.05) is 12.3 Å². The minimum atomic E-state index is 0.817. The largest absolute Gasteiger partial charge is 0.463 e. The highest BCUT2D eigenvalue weighted by molar-refractivity contribution is 6.29. The molecule has 0 atom stereocenters. The molecule has 3 aromatic heterocycles. The van der Waals surface area contributed by atoms with Crippen LogP contribution in [-0.2, 0) is 0 Å². The van der Waals surface area contributed by atoms with Crippen LogP contribution in [0.3, 0.4) is 0 Å². The van der Waals surface area contributed by atoms with E-state index < -0.39 is 0 Å². The van der Waals surface area contributed by atoms with Gasteiger partial charge in [0.15, 0.2) is 0 Å². The molecule has 0 aliphatic rings. The Morgan fingerprint density at radius 3 is 1.73 bits per heavy atom. The molecular formula is C52H31NO2. The minimum Gasteiger partial charge on any atom is -0.463 e. The fourth-order valence-corrected chi connectivity index (χ4v) is 9.16. The second-order valence-corrected chi connectivity index (χ2v) is 14.4. The van der Waals surface area contributed by atoms with Crippen LogP contribution in [0.5, 0.6) is 0 Å². The van der Waals surface area contributed by atoms with Gasteiger partial charge in [-0.1, -0.05) is 133 Å². The normalized spacial score (nSPS) is 12.0. The van der Waals surface area contributed by atoms with E-state index in [-0.39, 0.29) is 0 Å². The molecule has 0 amide bonds. The third-order valence-electron chi connectivity index (χ3n) is 11.5. The summed E-state index contributed by atoms with van der Waals surface area (Å²) >= 11 is 0. The van der Waals surface area contributed by atoms with Crippen LogP contribution in [-0.4, -0.2) is 4.57 Å². The fraction of sp³-hybridized carbons (Fsp3) is 0. The van der Waals surface area contributed by atoms with Gasteiger partial charge in [0.2, 0.25) is 0 Å². The van der Waals surface area contributed by atoms with E-state index in [1.54, 1.807) is 0 Å². The maximum absolute atomic E-state index is 6.60. The summed E-state index contributed by atoms with van der Waals surface area (Å²) in [7, 11) is 0. The molecule has 9 aromatic carbocycles. The second kappa shape index (κ2) is 11.6. The number of hydrogen-bond donors (Lipinski definition) is 0. The van der Waals surface area contributed by atoms with E-state index in [0.29, 0.717) is 0 Å². The van der Waals surface area contributed by atoms with Gasteiger partial charge in [0.1, 0.15) is 16.7 Å². The second-order valence-electron chi connectivity index (χ2n) is 14.4. The first kappa shape index (κ1) is 30.1. The molecule has 0 saturated carbocycles. The standard InChI is InChI=1S/C52H31NO2/c1-3-14-32(15-4-1)43-31-54-52-40(43)27-29-47-51(52)50-41(23-13-25-46(50)55-47)49-38-21-9-7-19-36(38)48(37-20-8-10-22-39(37)49)33-26-28-45-42(30-33)35-18-11-12-24-44(35)53(45)34-16-5-2-6-17-34/h1-31H. The summed E-state index contributed by atoms with van der Waals surface area (Å²) in [6.45, 7) is 0. The molecule has 3 heteroatoms. The van der Waals surface area contributed by atoms with Gasteiger partial charge in [0.25, 0.3) is 0 Å². The van der Waals surface area contributed by atoms with Crippen molar-refractivity contribution in [2.24, 2.45) is 0 Å². The van der Waals surface area contributed by atoms with Gasteiger partial charge < -0.3 is 13.4 Å². The zero-order valence-electron chi connectivity index (χ0n) is 29.7. The van der Waals surface area contributed by atoms with E-state index >= 15 is 0 Å². The number of hydrogen-bond acceptors (Lipinski definition) is 2. The van der Waals surface area contributed by atoms with E-state index in [0.717, 1.165) is 55.3 Å². The van der Waals surface area contributed by atoms with Gasteiger partial charge in [0.05, 0.1) is 22.7 Å². The van der Waals surface area contributed by atoms with Crippen molar-refractivity contribution >= 4 is 76.3 Å². The number of fused-ring (bicyclic) bond motifs is 10. The number of benzene rings is 9. The summed E-state index contributed by atoms with van der Waals surface area (Å²) in [6, 6.07) is 65.2. The number of furan rings is 2. The quantitative estimate of drug-likeness (QED) is 0.171. The van der Waals surface area contributed by atoms with Crippen LogP contribution < -0.4 is 0 Å². The van der Waals surface area contributed by atoms with Crippen molar-refractivity contribution in [3.63, 3.8) is 0 Å². The highest BCUT2D eigenvalue weighted by Crippen LogP contribution is 2.49. The zero-order chi connectivity index (χ0) is 36.0. The number of aromatic nitrogens is 1. The highest BCUT2D eigenvalue weighted by atomic mass is 16.3. The first-order chi connectivity index (χ1) is 27.3. The van der Waals surface area contributed by atoms with Crippen LogP contribution in [0.2, 0.25) is 0 Å². The lowest BCUT2D eigenvalue weighted by molar-refractivity contribution is 0.619. The first-order valence-electron chi connectivity index (χ1n) is 18.8. The Bertz CT molecular complexity index is 3420. The Hall–Kier alpha value is -7.36. The average Bonchev–Trinajstić information content (AvgIpc) is 3.95. The Morgan fingerprint density at radius 1 is 0.364 bits per heavy atom. The first-order valence-corrected chi connectivity index (χ1v) is 18.8. The third kappa shape index (κ3) is 4.32. The van der Waals surface area contributed by atoms with Gasteiger partial charge >= 0.3 is 0 Å². The predicted molar refractivity (Wildman–Crippen MR) is 229 cm³/mol. The monoisotopic (exact) mass is 701 g/mol. The predicted octanol–water partition coefficient (Wildman–Crippen LogP) is 14.7. The van der Waals surface area contributed by atoms with Crippen molar-refractivity contribution in [2.45, 2.75) is 0 Å². The Balaban J connectivity index is 1.15. The molecule has 12 aromatic rings. The van der Waals surface area contributed by atoms with Gasteiger partial charge in [-0.05, 0) is 97.9 Å². The molecular weight excluding hydrogens is 671 g/mol. The molecule has 0 unspecified atom stereocenters. The summed E-state index contributed by atoms with van der Waals surface area (Å²) in [5, 5.41) is 10.4. The summed E-state index contributed by atoms with van der Waals surface area (Å²) in [6.07, 6.45) is 1.88. The Kier molecular flexibility index (Phi) is 6.34. The van der Waals surface area contributed by atoms with Gasteiger partial charge in [-0.15, -0.1) is 0 Å². The van der Waals surface area contributed by atoms with Crippen molar-refractivity contribution < 1.29 is 8.83 Å². The Morgan fingerprint density at radius 2 is 0.982 bits per heavy atom. The molecule has 0 saturated heterocycles. The van der Waals surface area contributed by atoms with Crippen LogP contribution in [0.25, 0.3) is 115 Å². The highest BCUT2D eigenvalue weighted by Gasteiger charge is 2.23. The summed E-state index contributed by atoms with van der Waals surface area (Å²) < 4.78 is 15.4. The van der Waals surface area contributed by atoms with Crippen LogP contribution in [0, 0.1) is 0 Å². The summed E-state index contributed by atoms with van der Waals surface area (Å²) in [5.41, 5.74) is 13.0. The third-order valence-corrected chi connectivity index (χ3v) is 11.5. The molecule has 0 aliphatic carbocycles. The van der Waals surface area contributed by atoms with E-state index in [2.05, 4.69) is 180 Å². The molecule has 0 spiro atoms. The Labute approximate surface area is 315 Å². The van der Waals surface area contributed by atoms with Gasteiger partial charge in [-0.3, -0.25) is 0 Å². The molecule has 0 radical (unpaired) electrons. The molecule has 55 heavy (non-hydrogen) atoms. The van der Waals surface area contributed by atoms with Gasteiger partial charge in [-0.25, -0.2) is 0 Å². The number of para-hydroxylation sites is 2. The SMILES string of the molecule is c1ccc(-c2coc3c2ccc2oc4cccc(-c5c6ccccc6c(-c6ccc7c(c6)c6ccccc6n7-c6ccccc6)c6ccccc56)c4c23)cc1. The van der Waals surface area contributed by atoms with Crippen molar-refractivity contribution in [1.82, 2.24) is 4.57 Å². The summed E-state index contributed by atoms with van der Waals surface area (Å²) in [4.78, 5) is 0. The van der Waals surface area contributed by atoms with Crippen LogP contribution in [0.1, 0.15) is 0 Å². The van der Waals surface area contributed by atoms with E-state index in [1.165, 1.54) is 60.0 Å². The van der Waals surface area contributed by atoms with Crippen molar-refractivity contribution in [1.29, 1.82) is 0 Å². The lowest BCUT2D eigenvalue weighted by Crippen LogP contribution is -1.93. The smallest absolute Gasteiger partial charge is 0.146 e. The molecule has 256 valence electrons. The summed E-state index contributed by atoms with van der Waals surface area (Å²) in [5.74, 6) is 0. The maximum Gasteiger partial charge on any atom is 0.146 e. The topological polar surface area (TPSA) is 31.2 Å².